The summed E-state index contributed by atoms with van der Waals surface area (Å²) in [7, 11) is 0. The van der Waals surface area contributed by atoms with Crippen molar-refractivity contribution in [2.45, 2.75) is 83.8 Å². The smallest absolute Gasteiger partial charge is 0.0806 e. The van der Waals surface area contributed by atoms with Gasteiger partial charge in [0.05, 0.1) is 5.60 Å². The molecule has 2 saturated carbocycles. The Labute approximate surface area is 119 Å². The van der Waals surface area contributed by atoms with Gasteiger partial charge in [0.15, 0.2) is 0 Å². The second-order valence-corrected chi connectivity index (χ2v) is 7.22. The Morgan fingerprint density at radius 1 is 1.16 bits per heavy atom. The molecule has 2 aliphatic rings. The summed E-state index contributed by atoms with van der Waals surface area (Å²) in [5, 5.41) is 3.71. The Morgan fingerprint density at radius 3 is 2.37 bits per heavy atom. The zero-order valence-electron chi connectivity index (χ0n) is 13.2. The maximum absolute atomic E-state index is 6.39. The maximum atomic E-state index is 6.39. The van der Waals surface area contributed by atoms with E-state index in [4.69, 9.17) is 4.74 Å². The van der Waals surface area contributed by atoms with Crippen molar-refractivity contribution in [3.63, 3.8) is 0 Å². The lowest BCUT2D eigenvalue weighted by Crippen LogP contribution is -2.46. The van der Waals surface area contributed by atoms with Crippen molar-refractivity contribution in [3.05, 3.63) is 0 Å². The SMILES string of the molecule is CCC1CCC(CNC2CC2)(OCCC(C)C)CC1. The Kier molecular flexibility index (Phi) is 5.70. The van der Waals surface area contributed by atoms with E-state index in [0.717, 1.165) is 31.0 Å². The maximum Gasteiger partial charge on any atom is 0.0806 e. The highest BCUT2D eigenvalue weighted by atomic mass is 16.5. The van der Waals surface area contributed by atoms with E-state index in [1.165, 1.54) is 51.4 Å². The highest BCUT2D eigenvalue weighted by molar-refractivity contribution is 4.92. The van der Waals surface area contributed by atoms with Gasteiger partial charge < -0.3 is 10.1 Å². The normalized spacial score (nSPS) is 31.9. The lowest BCUT2D eigenvalue weighted by Gasteiger charge is -2.40. The van der Waals surface area contributed by atoms with Crippen LogP contribution in [0.5, 0.6) is 0 Å². The topological polar surface area (TPSA) is 21.3 Å². The fourth-order valence-corrected chi connectivity index (χ4v) is 3.11. The van der Waals surface area contributed by atoms with Crippen LogP contribution in [-0.4, -0.2) is 24.8 Å². The molecule has 0 heterocycles. The molecular formula is C17H33NO. The van der Waals surface area contributed by atoms with Gasteiger partial charge in [0.2, 0.25) is 0 Å². The first-order chi connectivity index (χ1) is 9.13. The van der Waals surface area contributed by atoms with Crippen molar-refractivity contribution in [1.82, 2.24) is 5.32 Å². The van der Waals surface area contributed by atoms with Gasteiger partial charge in [-0.05, 0) is 56.8 Å². The number of nitrogens with one attached hydrogen (secondary N) is 1. The van der Waals surface area contributed by atoms with Gasteiger partial charge in [0.25, 0.3) is 0 Å². The Balaban J connectivity index is 1.80. The molecule has 0 aromatic rings. The van der Waals surface area contributed by atoms with Gasteiger partial charge in [-0.2, -0.15) is 0 Å². The van der Waals surface area contributed by atoms with Crippen LogP contribution >= 0.6 is 0 Å². The van der Waals surface area contributed by atoms with E-state index >= 15 is 0 Å². The van der Waals surface area contributed by atoms with Gasteiger partial charge in [-0.1, -0.05) is 27.2 Å². The van der Waals surface area contributed by atoms with Crippen LogP contribution in [0.2, 0.25) is 0 Å². The molecule has 2 fully saturated rings. The van der Waals surface area contributed by atoms with E-state index in [1.54, 1.807) is 0 Å². The molecular weight excluding hydrogens is 234 g/mol. The molecule has 0 aromatic heterocycles. The summed E-state index contributed by atoms with van der Waals surface area (Å²) >= 11 is 0. The van der Waals surface area contributed by atoms with E-state index in [2.05, 4.69) is 26.1 Å². The number of hydrogen-bond acceptors (Lipinski definition) is 2. The third kappa shape index (κ3) is 5.07. The van der Waals surface area contributed by atoms with Crippen LogP contribution in [0.4, 0.5) is 0 Å². The number of rotatable bonds is 8. The van der Waals surface area contributed by atoms with Crippen molar-refractivity contribution < 1.29 is 4.74 Å². The Morgan fingerprint density at radius 2 is 1.84 bits per heavy atom. The first kappa shape index (κ1) is 15.3. The summed E-state index contributed by atoms with van der Waals surface area (Å²) < 4.78 is 6.39. The van der Waals surface area contributed by atoms with Crippen molar-refractivity contribution in [2.75, 3.05) is 13.2 Å². The van der Waals surface area contributed by atoms with Crippen molar-refractivity contribution in [1.29, 1.82) is 0 Å². The monoisotopic (exact) mass is 267 g/mol. The summed E-state index contributed by atoms with van der Waals surface area (Å²) in [4.78, 5) is 0. The lowest BCUT2D eigenvalue weighted by molar-refractivity contribution is -0.0797. The molecule has 0 unspecified atom stereocenters. The van der Waals surface area contributed by atoms with Crippen LogP contribution in [0, 0.1) is 11.8 Å². The predicted molar refractivity (Wildman–Crippen MR) is 81.4 cm³/mol. The molecule has 2 aliphatic carbocycles. The lowest BCUT2D eigenvalue weighted by atomic mass is 9.77. The van der Waals surface area contributed by atoms with Crippen LogP contribution in [0.15, 0.2) is 0 Å². The minimum absolute atomic E-state index is 0.156. The van der Waals surface area contributed by atoms with Gasteiger partial charge in [-0.15, -0.1) is 0 Å². The first-order valence-corrected chi connectivity index (χ1v) is 8.51. The minimum Gasteiger partial charge on any atom is -0.374 e. The van der Waals surface area contributed by atoms with Crippen molar-refractivity contribution >= 4 is 0 Å². The Bertz CT molecular complexity index is 252. The quantitative estimate of drug-likeness (QED) is 0.713. The van der Waals surface area contributed by atoms with Crippen LogP contribution in [0.3, 0.4) is 0 Å². The molecule has 0 amide bonds. The van der Waals surface area contributed by atoms with Gasteiger partial charge in [-0.25, -0.2) is 0 Å². The summed E-state index contributed by atoms with van der Waals surface area (Å²) in [6.07, 6.45) is 10.6. The van der Waals surface area contributed by atoms with Crippen LogP contribution in [-0.2, 0) is 4.74 Å². The molecule has 0 bridgehead atoms. The minimum atomic E-state index is 0.156. The second kappa shape index (κ2) is 7.08. The molecule has 112 valence electrons. The molecule has 0 spiro atoms. The molecule has 0 aromatic carbocycles. The third-order valence-corrected chi connectivity index (χ3v) is 4.99. The van der Waals surface area contributed by atoms with Gasteiger partial charge >= 0.3 is 0 Å². The second-order valence-electron chi connectivity index (χ2n) is 7.22. The molecule has 1 N–H and O–H groups in total. The molecule has 0 aliphatic heterocycles. The Hall–Kier alpha value is -0.0800. The fourth-order valence-electron chi connectivity index (χ4n) is 3.11. The predicted octanol–water partition coefficient (Wildman–Crippen LogP) is 4.14. The molecule has 0 atom stereocenters. The average Bonchev–Trinajstić information content (AvgIpc) is 3.21. The zero-order chi connectivity index (χ0) is 13.7. The van der Waals surface area contributed by atoms with E-state index in [1.807, 2.05) is 0 Å². The highest BCUT2D eigenvalue weighted by Crippen LogP contribution is 2.37. The summed E-state index contributed by atoms with van der Waals surface area (Å²) in [5.74, 6) is 1.70. The van der Waals surface area contributed by atoms with Crippen molar-refractivity contribution in [2.24, 2.45) is 11.8 Å². The highest BCUT2D eigenvalue weighted by Gasteiger charge is 2.37. The van der Waals surface area contributed by atoms with Crippen LogP contribution in [0.1, 0.15) is 72.1 Å². The standard InChI is InChI=1S/C17H33NO/c1-4-15-7-10-17(11-8-15,13-18-16-5-6-16)19-12-9-14(2)3/h14-16,18H,4-13H2,1-3H3. The molecule has 0 saturated heterocycles. The summed E-state index contributed by atoms with van der Waals surface area (Å²) in [6, 6.07) is 0.800. The average molecular weight is 267 g/mol. The van der Waals surface area contributed by atoms with E-state index in [-0.39, 0.29) is 5.60 Å². The summed E-state index contributed by atoms with van der Waals surface area (Å²) in [6.45, 7) is 8.94. The third-order valence-electron chi connectivity index (χ3n) is 4.99. The number of hydrogen-bond donors (Lipinski definition) is 1. The van der Waals surface area contributed by atoms with Crippen molar-refractivity contribution in [3.8, 4) is 0 Å². The van der Waals surface area contributed by atoms with Crippen LogP contribution in [0.25, 0.3) is 0 Å². The molecule has 2 heteroatoms. The molecule has 19 heavy (non-hydrogen) atoms. The van der Waals surface area contributed by atoms with E-state index in [9.17, 15) is 0 Å². The molecule has 2 rings (SSSR count). The van der Waals surface area contributed by atoms with Gasteiger partial charge in [0.1, 0.15) is 0 Å². The fraction of sp³-hybridized carbons (Fsp3) is 1.00. The molecule has 0 radical (unpaired) electrons. The van der Waals surface area contributed by atoms with E-state index in [0.29, 0.717) is 0 Å². The summed E-state index contributed by atoms with van der Waals surface area (Å²) in [5.41, 5.74) is 0.156. The van der Waals surface area contributed by atoms with Gasteiger partial charge in [-0.3, -0.25) is 0 Å². The van der Waals surface area contributed by atoms with Gasteiger partial charge in [0, 0.05) is 19.2 Å². The zero-order valence-corrected chi connectivity index (χ0v) is 13.2. The first-order valence-electron chi connectivity index (χ1n) is 8.51. The largest absolute Gasteiger partial charge is 0.374 e. The van der Waals surface area contributed by atoms with Crippen LogP contribution < -0.4 is 5.32 Å². The number of ether oxygens (including phenoxy) is 1. The van der Waals surface area contributed by atoms with E-state index < -0.39 is 0 Å². The molecule has 2 nitrogen and oxygen atoms in total.